The molecular weight excluding hydrogens is 279 g/mol. The van der Waals surface area contributed by atoms with E-state index in [0.717, 1.165) is 23.3 Å². The molecule has 2 N–H and O–H groups in total. The molecule has 0 aliphatic rings. The molecule has 5 heteroatoms. The molecule has 2 aromatic rings. The summed E-state index contributed by atoms with van der Waals surface area (Å²) in [5, 5.41) is 12.9. The minimum Gasteiger partial charge on any atom is -0.507 e. The molecule has 0 radical (unpaired) electrons. The summed E-state index contributed by atoms with van der Waals surface area (Å²) in [6, 6.07) is 8.88. The topological polar surface area (TPSA) is 32.3 Å². The quantitative estimate of drug-likeness (QED) is 0.864. The number of anilines is 1. The summed E-state index contributed by atoms with van der Waals surface area (Å²) in [6.07, 6.45) is -4.37. The summed E-state index contributed by atoms with van der Waals surface area (Å²) >= 11 is 0. The zero-order chi connectivity index (χ0) is 15.6. The highest BCUT2D eigenvalue weighted by Gasteiger charge is 2.30. The first-order chi connectivity index (χ1) is 9.79. The Morgan fingerprint density at radius 3 is 2.43 bits per heavy atom. The van der Waals surface area contributed by atoms with E-state index in [-0.39, 0.29) is 12.3 Å². The highest BCUT2D eigenvalue weighted by atomic mass is 19.4. The third-order valence-corrected chi connectivity index (χ3v) is 3.36. The summed E-state index contributed by atoms with van der Waals surface area (Å²) < 4.78 is 38.1. The van der Waals surface area contributed by atoms with E-state index in [2.05, 4.69) is 5.32 Å². The Bertz CT molecular complexity index is 650. The molecule has 0 aromatic heterocycles. The number of aryl methyl sites for hydroxylation is 2. The van der Waals surface area contributed by atoms with Gasteiger partial charge in [0.1, 0.15) is 5.75 Å². The third kappa shape index (κ3) is 3.48. The van der Waals surface area contributed by atoms with Gasteiger partial charge in [-0.05, 0) is 37.1 Å². The summed E-state index contributed by atoms with van der Waals surface area (Å²) in [6.45, 7) is 3.77. The van der Waals surface area contributed by atoms with Crippen LogP contribution in [0.25, 0.3) is 0 Å². The summed E-state index contributed by atoms with van der Waals surface area (Å²) in [5.74, 6) is 0.162. The lowest BCUT2D eigenvalue weighted by molar-refractivity contribution is -0.137. The number of para-hydroxylation sites is 1. The fourth-order valence-electron chi connectivity index (χ4n) is 2.04. The van der Waals surface area contributed by atoms with Crippen molar-refractivity contribution in [3.63, 3.8) is 0 Å². The standard InChI is InChI=1S/C16H16F3NO/c1-10-6-7-13(16(17,18)19)8-14(10)20-9-12-5-3-4-11(2)15(12)21/h3-8,20-21H,9H2,1-2H3. The summed E-state index contributed by atoms with van der Waals surface area (Å²) in [4.78, 5) is 0. The van der Waals surface area contributed by atoms with Gasteiger partial charge >= 0.3 is 6.18 Å². The maximum absolute atomic E-state index is 12.7. The fourth-order valence-corrected chi connectivity index (χ4v) is 2.04. The smallest absolute Gasteiger partial charge is 0.416 e. The van der Waals surface area contributed by atoms with E-state index in [1.807, 2.05) is 0 Å². The second kappa shape index (κ2) is 5.68. The van der Waals surface area contributed by atoms with Crippen molar-refractivity contribution in [1.29, 1.82) is 0 Å². The molecular formula is C16H16F3NO. The van der Waals surface area contributed by atoms with Gasteiger partial charge in [0, 0.05) is 17.8 Å². The lowest BCUT2D eigenvalue weighted by Crippen LogP contribution is -2.07. The van der Waals surface area contributed by atoms with Crippen molar-refractivity contribution in [2.24, 2.45) is 0 Å². The molecule has 0 spiro atoms. The van der Waals surface area contributed by atoms with Gasteiger partial charge in [-0.1, -0.05) is 24.3 Å². The van der Waals surface area contributed by atoms with Gasteiger partial charge in [-0.2, -0.15) is 13.2 Å². The SMILES string of the molecule is Cc1ccc(C(F)(F)F)cc1NCc1cccc(C)c1O. The number of nitrogens with one attached hydrogen (secondary N) is 1. The number of phenols is 1. The van der Waals surface area contributed by atoms with Gasteiger partial charge in [-0.25, -0.2) is 0 Å². The van der Waals surface area contributed by atoms with Crippen LogP contribution in [0, 0.1) is 13.8 Å². The predicted molar refractivity (Wildman–Crippen MR) is 76.4 cm³/mol. The zero-order valence-electron chi connectivity index (χ0n) is 11.8. The Morgan fingerprint density at radius 2 is 1.76 bits per heavy atom. The maximum atomic E-state index is 12.7. The van der Waals surface area contributed by atoms with Crippen LogP contribution in [0.2, 0.25) is 0 Å². The van der Waals surface area contributed by atoms with Crippen LogP contribution in [0.4, 0.5) is 18.9 Å². The molecule has 0 fully saturated rings. The average Bonchev–Trinajstić information content (AvgIpc) is 2.40. The summed E-state index contributed by atoms with van der Waals surface area (Å²) in [5.41, 5.74) is 1.81. The Balaban J connectivity index is 2.22. The number of rotatable bonds is 3. The molecule has 2 aromatic carbocycles. The number of hydrogen-bond donors (Lipinski definition) is 2. The number of aromatic hydroxyl groups is 1. The number of hydrogen-bond acceptors (Lipinski definition) is 2. The van der Waals surface area contributed by atoms with E-state index in [1.165, 1.54) is 6.07 Å². The molecule has 0 heterocycles. The Morgan fingerprint density at radius 1 is 1.05 bits per heavy atom. The van der Waals surface area contributed by atoms with Crippen molar-refractivity contribution >= 4 is 5.69 Å². The molecule has 0 aliphatic heterocycles. The second-order valence-electron chi connectivity index (χ2n) is 4.96. The number of alkyl halides is 3. The predicted octanol–water partition coefficient (Wildman–Crippen LogP) is 4.64. The first kappa shape index (κ1) is 15.2. The van der Waals surface area contributed by atoms with E-state index in [0.29, 0.717) is 11.3 Å². The van der Waals surface area contributed by atoms with Gasteiger partial charge in [0.15, 0.2) is 0 Å². The lowest BCUT2D eigenvalue weighted by atomic mass is 10.1. The van der Waals surface area contributed by atoms with Crippen molar-refractivity contribution in [1.82, 2.24) is 0 Å². The molecule has 2 nitrogen and oxygen atoms in total. The monoisotopic (exact) mass is 295 g/mol. The first-order valence-corrected chi connectivity index (χ1v) is 6.48. The van der Waals surface area contributed by atoms with Crippen LogP contribution in [-0.2, 0) is 12.7 Å². The molecule has 0 saturated carbocycles. The Labute approximate surface area is 121 Å². The molecule has 21 heavy (non-hydrogen) atoms. The second-order valence-corrected chi connectivity index (χ2v) is 4.96. The minimum absolute atomic E-state index is 0.162. The van der Waals surface area contributed by atoms with Crippen molar-refractivity contribution in [3.8, 4) is 5.75 Å². The molecule has 0 amide bonds. The molecule has 0 saturated heterocycles. The van der Waals surface area contributed by atoms with E-state index in [9.17, 15) is 18.3 Å². The third-order valence-electron chi connectivity index (χ3n) is 3.36. The van der Waals surface area contributed by atoms with Gasteiger partial charge in [-0.15, -0.1) is 0 Å². The molecule has 2 rings (SSSR count). The van der Waals surface area contributed by atoms with Crippen molar-refractivity contribution in [2.45, 2.75) is 26.6 Å². The van der Waals surface area contributed by atoms with Gasteiger partial charge in [0.05, 0.1) is 5.56 Å². The first-order valence-electron chi connectivity index (χ1n) is 6.48. The van der Waals surface area contributed by atoms with Crippen molar-refractivity contribution in [3.05, 3.63) is 58.7 Å². The number of halogens is 3. The van der Waals surface area contributed by atoms with E-state index < -0.39 is 11.7 Å². The van der Waals surface area contributed by atoms with Gasteiger partial charge in [0.25, 0.3) is 0 Å². The van der Waals surface area contributed by atoms with Crippen LogP contribution in [-0.4, -0.2) is 5.11 Å². The molecule has 0 bridgehead atoms. The normalized spacial score (nSPS) is 11.5. The minimum atomic E-state index is -4.37. The summed E-state index contributed by atoms with van der Waals surface area (Å²) in [7, 11) is 0. The van der Waals surface area contributed by atoms with E-state index in [1.54, 1.807) is 32.0 Å². The van der Waals surface area contributed by atoms with Crippen LogP contribution < -0.4 is 5.32 Å². The molecule has 0 unspecified atom stereocenters. The Kier molecular flexibility index (Phi) is 4.11. The van der Waals surface area contributed by atoms with Gasteiger partial charge < -0.3 is 10.4 Å². The lowest BCUT2D eigenvalue weighted by Gasteiger charge is -2.14. The highest BCUT2D eigenvalue weighted by Crippen LogP contribution is 2.32. The van der Waals surface area contributed by atoms with Crippen LogP contribution in [0.1, 0.15) is 22.3 Å². The van der Waals surface area contributed by atoms with Gasteiger partial charge in [-0.3, -0.25) is 0 Å². The van der Waals surface area contributed by atoms with Crippen LogP contribution in [0.3, 0.4) is 0 Å². The van der Waals surface area contributed by atoms with Crippen LogP contribution in [0.5, 0.6) is 5.75 Å². The highest BCUT2D eigenvalue weighted by molar-refractivity contribution is 5.54. The zero-order valence-corrected chi connectivity index (χ0v) is 11.8. The molecule has 0 aliphatic carbocycles. The van der Waals surface area contributed by atoms with E-state index >= 15 is 0 Å². The molecule has 0 atom stereocenters. The largest absolute Gasteiger partial charge is 0.507 e. The van der Waals surface area contributed by atoms with Gasteiger partial charge in [0.2, 0.25) is 0 Å². The number of phenolic OH excluding ortho intramolecular Hbond substituents is 1. The maximum Gasteiger partial charge on any atom is 0.416 e. The fraction of sp³-hybridized carbons (Fsp3) is 0.250. The van der Waals surface area contributed by atoms with Crippen LogP contribution in [0.15, 0.2) is 36.4 Å². The number of benzene rings is 2. The van der Waals surface area contributed by atoms with E-state index in [4.69, 9.17) is 0 Å². The van der Waals surface area contributed by atoms with Crippen LogP contribution >= 0.6 is 0 Å². The average molecular weight is 295 g/mol. The van der Waals surface area contributed by atoms with Crippen molar-refractivity contribution < 1.29 is 18.3 Å². The molecule has 112 valence electrons. The van der Waals surface area contributed by atoms with Crippen molar-refractivity contribution in [2.75, 3.05) is 5.32 Å². The Hall–Kier alpha value is -2.17.